The van der Waals surface area contributed by atoms with Crippen LogP contribution in [0.5, 0.6) is 0 Å². The van der Waals surface area contributed by atoms with E-state index in [4.69, 9.17) is 4.42 Å². The first kappa shape index (κ1) is 21.1. The van der Waals surface area contributed by atoms with Gasteiger partial charge in [0.05, 0.1) is 16.1 Å². The van der Waals surface area contributed by atoms with Gasteiger partial charge in [0, 0.05) is 45.2 Å². The number of benzene rings is 2. The minimum Gasteiger partial charge on any atom is -0.408 e. The third-order valence-corrected chi connectivity index (χ3v) is 6.62. The van der Waals surface area contributed by atoms with Gasteiger partial charge in [0.1, 0.15) is 5.82 Å². The molecular formula is C20H21FN4O5S. The van der Waals surface area contributed by atoms with E-state index in [2.05, 4.69) is 9.71 Å². The summed E-state index contributed by atoms with van der Waals surface area (Å²) in [7, 11) is -3.87. The molecule has 9 nitrogen and oxygen atoms in total. The van der Waals surface area contributed by atoms with Crippen LogP contribution in [0.15, 0.2) is 56.6 Å². The number of amides is 1. The summed E-state index contributed by atoms with van der Waals surface area (Å²) in [5.74, 6) is -1.14. The number of aromatic nitrogens is 1. The third-order valence-electron chi connectivity index (χ3n) is 5.16. The van der Waals surface area contributed by atoms with Crippen molar-refractivity contribution in [3.05, 3.63) is 58.8 Å². The largest absolute Gasteiger partial charge is 0.417 e. The number of nitrogens with one attached hydrogen (secondary N) is 2. The van der Waals surface area contributed by atoms with Crippen molar-refractivity contribution >= 4 is 32.7 Å². The van der Waals surface area contributed by atoms with Gasteiger partial charge < -0.3 is 14.2 Å². The van der Waals surface area contributed by atoms with Gasteiger partial charge in [-0.05, 0) is 24.3 Å². The van der Waals surface area contributed by atoms with Crippen molar-refractivity contribution < 1.29 is 22.0 Å². The van der Waals surface area contributed by atoms with Crippen molar-refractivity contribution in [2.75, 3.05) is 37.6 Å². The maximum Gasteiger partial charge on any atom is 0.417 e. The van der Waals surface area contributed by atoms with E-state index in [9.17, 15) is 22.4 Å². The number of carbonyl (C=O) groups excluding carboxylic acids is 1. The Hall–Kier alpha value is -3.18. The molecule has 2 aromatic carbocycles. The van der Waals surface area contributed by atoms with Gasteiger partial charge in [0.2, 0.25) is 15.9 Å². The highest BCUT2D eigenvalue weighted by Gasteiger charge is 2.23. The first-order chi connectivity index (χ1) is 14.8. The van der Waals surface area contributed by atoms with Gasteiger partial charge in [-0.1, -0.05) is 12.1 Å². The molecule has 0 unspecified atom stereocenters. The number of sulfonamides is 1. The molecule has 0 spiro atoms. The number of carbonyl (C=O) groups is 1. The molecule has 2 N–H and O–H groups in total. The topological polar surface area (TPSA) is 116 Å². The average molecular weight is 448 g/mol. The molecule has 0 aliphatic carbocycles. The van der Waals surface area contributed by atoms with Crippen LogP contribution < -0.4 is 15.4 Å². The number of H-pyrrole nitrogens is 1. The van der Waals surface area contributed by atoms with E-state index in [0.29, 0.717) is 37.4 Å². The molecule has 4 rings (SSSR count). The Labute approximate surface area is 177 Å². The number of para-hydroxylation sites is 1. The normalized spacial score (nSPS) is 14.9. The standard InChI is InChI=1S/C20H21FN4O5S/c21-15-3-1-2-4-17(15)24-9-11-25(12-10-24)19(26)7-8-22-31(28,29)14-5-6-16-18(13-14)30-20(27)23-16/h1-6,13,22H,7-12H2,(H,23,27). The summed E-state index contributed by atoms with van der Waals surface area (Å²) < 4.78 is 46.1. The summed E-state index contributed by atoms with van der Waals surface area (Å²) in [4.78, 5) is 29.6. The molecule has 0 saturated carbocycles. The van der Waals surface area contributed by atoms with Crippen LogP contribution in [0.2, 0.25) is 0 Å². The summed E-state index contributed by atoms with van der Waals surface area (Å²) in [6, 6.07) is 10.5. The maximum atomic E-state index is 13.9. The van der Waals surface area contributed by atoms with E-state index >= 15 is 0 Å². The van der Waals surface area contributed by atoms with Crippen LogP contribution in [-0.2, 0) is 14.8 Å². The second-order valence-corrected chi connectivity index (χ2v) is 8.91. The van der Waals surface area contributed by atoms with E-state index in [1.807, 2.05) is 4.90 Å². The first-order valence-electron chi connectivity index (χ1n) is 9.73. The monoisotopic (exact) mass is 448 g/mol. The van der Waals surface area contributed by atoms with Gasteiger partial charge in [-0.15, -0.1) is 0 Å². The zero-order chi connectivity index (χ0) is 22.0. The van der Waals surface area contributed by atoms with Crippen molar-refractivity contribution in [3.63, 3.8) is 0 Å². The maximum absolute atomic E-state index is 13.9. The Kier molecular flexibility index (Phi) is 5.79. The smallest absolute Gasteiger partial charge is 0.408 e. The summed E-state index contributed by atoms with van der Waals surface area (Å²) in [5, 5.41) is 0. The van der Waals surface area contributed by atoms with Gasteiger partial charge >= 0.3 is 5.76 Å². The summed E-state index contributed by atoms with van der Waals surface area (Å²) in [5.41, 5.74) is 1.04. The molecule has 0 atom stereocenters. The van der Waals surface area contributed by atoms with Crippen LogP contribution in [0, 0.1) is 5.82 Å². The number of halogens is 1. The van der Waals surface area contributed by atoms with E-state index in [-0.39, 0.29) is 35.2 Å². The molecule has 3 aromatic rings. The fourth-order valence-corrected chi connectivity index (χ4v) is 4.58. The molecule has 0 bridgehead atoms. The molecule has 1 aliphatic rings. The van der Waals surface area contributed by atoms with Gasteiger partial charge in [0.25, 0.3) is 0 Å². The van der Waals surface area contributed by atoms with E-state index in [1.54, 1.807) is 23.1 Å². The van der Waals surface area contributed by atoms with E-state index in [0.717, 1.165) is 0 Å². The Morgan fingerprint density at radius 1 is 1.13 bits per heavy atom. The highest BCUT2D eigenvalue weighted by molar-refractivity contribution is 7.89. The molecule has 2 heterocycles. The SMILES string of the molecule is O=C(CCNS(=O)(=O)c1ccc2[nH]c(=O)oc2c1)N1CCN(c2ccccc2F)CC1. The molecule has 1 aliphatic heterocycles. The fraction of sp³-hybridized carbons (Fsp3) is 0.300. The number of aromatic amines is 1. The number of nitrogens with zero attached hydrogens (tertiary/aromatic N) is 2. The third kappa shape index (κ3) is 4.62. The highest BCUT2D eigenvalue weighted by Crippen LogP contribution is 2.20. The van der Waals surface area contributed by atoms with Crippen LogP contribution >= 0.6 is 0 Å². The van der Waals surface area contributed by atoms with Gasteiger partial charge in [-0.3, -0.25) is 9.78 Å². The predicted octanol–water partition coefficient (Wildman–Crippen LogP) is 1.28. The molecule has 1 fully saturated rings. The second kappa shape index (κ2) is 8.52. The molecule has 0 radical (unpaired) electrons. The number of hydrogen-bond acceptors (Lipinski definition) is 6. The van der Waals surface area contributed by atoms with Crippen LogP contribution in [0.3, 0.4) is 0 Å². The van der Waals surface area contributed by atoms with Crippen molar-refractivity contribution in [1.29, 1.82) is 0 Å². The van der Waals surface area contributed by atoms with Crippen LogP contribution in [0.4, 0.5) is 10.1 Å². The molecule has 11 heteroatoms. The number of fused-ring (bicyclic) bond motifs is 1. The highest BCUT2D eigenvalue weighted by atomic mass is 32.2. The molecule has 1 saturated heterocycles. The number of piperazine rings is 1. The average Bonchev–Trinajstić information content (AvgIpc) is 3.13. The van der Waals surface area contributed by atoms with Gasteiger partial charge in [-0.2, -0.15) is 0 Å². The molecule has 31 heavy (non-hydrogen) atoms. The quantitative estimate of drug-likeness (QED) is 0.587. The molecule has 1 aromatic heterocycles. The summed E-state index contributed by atoms with van der Waals surface area (Å²) >= 11 is 0. The summed E-state index contributed by atoms with van der Waals surface area (Å²) in [6.45, 7) is 1.80. The Morgan fingerprint density at radius 2 is 1.87 bits per heavy atom. The van der Waals surface area contributed by atoms with E-state index < -0.39 is 15.8 Å². The zero-order valence-corrected chi connectivity index (χ0v) is 17.3. The van der Waals surface area contributed by atoms with Crippen molar-refractivity contribution in [3.8, 4) is 0 Å². The van der Waals surface area contributed by atoms with Crippen molar-refractivity contribution in [1.82, 2.24) is 14.6 Å². The van der Waals surface area contributed by atoms with Crippen LogP contribution in [0.25, 0.3) is 11.1 Å². The molecular weight excluding hydrogens is 427 g/mol. The lowest BCUT2D eigenvalue weighted by atomic mass is 10.2. The Morgan fingerprint density at radius 3 is 2.61 bits per heavy atom. The predicted molar refractivity (Wildman–Crippen MR) is 112 cm³/mol. The number of rotatable bonds is 6. The number of hydrogen-bond donors (Lipinski definition) is 2. The number of anilines is 1. The fourth-order valence-electron chi connectivity index (χ4n) is 3.53. The second-order valence-electron chi connectivity index (χ2n) is 7.14. The van der Waals surface area contributed by atoms with Crippen LogP contribution in [-0.4, -0.2) is 56.9 Å². The van der Waals surface area contributed by atoms with Gasteiger partial charge in [-0.25, -0.2) is 22.3 Å². The first-order valence-corrected chi connectivity index (χ1v) is 11.2. The van der Waals surface area contributed by atoms with Crippen molar-refractivity contribution in [2.24, 2.45) is 0 Å². The summed E-state index contributed by atoms with van der Waals surface area (Å²) in [6.07, 6.45) is 0.000407. The van der Waals surface area contributed by atoms with Gasteiger partial charge in [0.15, 0.2) is 5.58 Å². The minimum absolute atomic E-state index is 0.000407. The number of oxazole rings is 1. The Bertz CT molecular complexity index is 1260. The van der Waals surface area contributed by atoms with Crippen molar-refractivity contribution in [2.45, 2.75) is 11.3 Å². The molecule has 1 amide bonds. The lowest BCUT2D eigenvalue weighted by Gasteiger charge is -2.36. The lowest BCUT2D eigenvalue weighted by Crippen LogP contribution is -2.49. The molecule has 164 valence electrons. The lowest BCUT2D eigenvalue weighted by molar-refractivity contribution is -0.131. The minimum atomic E-state index is -3.87. The van der Waals surface area contributed by atoms with Crippen LogP contribution in [0.1, 0.15) is 6.42 Å². The zero-order valence-electron chi connectivity index (χ0n) is 16.5. The van der Waals surface area contributed by atoms with E-state index in [1.165, 1.54) is 24.3 Å². The Balaban J connectivity index is 1.29.